The molecule has 4 heterocycles. The van der Waals surface area contributed by atoms with Gasteiger partial charge in [0.1, 0.15) is 11.9 Å². The molecule has 2 fully saturated rings. The topological polar surface area (TPSA) is 60.0 Å². The molecule has 0 N–H and O–H groups in total. The van der Waals surface area contributed by atoms with E-state index >= 15 is 0 Å². The Bertz CT molecular complexity index is 1010. The monoisotopic (exact) mass is 467 g/mol. The zero-order chi connectivity index (χ0) is 22.8. The fraction of sp³-hybridized carbons (Fsp3) is 0.480. The molecule has 3 aliphatic heterocycles. The maximum atomic E-state index is 13.4. The number of pyridine rings is 1. The lowest BCUT2D eigenvalue weighted by Gasteiger charge is -2.35. The molecule has 1 aromatic heterocycles. The van der Waals surface area contributed by atoms with Gasteiger partial charge in [-0.15, -0.1) is 0 Å². The normalized spacial score (nSPS) is 21.2. The molecule has 0 radical (unpaired) electrons. The fourth-order valence-electron chi connectivity index (χ4n) is 5.19. The number of anilines is 2. The predicted molar refractivity (Wildman–Crippen MR) is 130 cm³/mol. The summed E-state index contributed by atoms with van der Waals surface area (Å²) in [5.41, 5.74) is 1.86. The van der Waals surface area contributed by atoms with Gasteiger partial charge in [0.15, 0.2) is 0 Å². The van der Waals surface area contributed by atoms with Crippen LogP contribution in [0.25, 0.3) is 0 Å². The molecule has 33 heavy (non-hydrogen) atoms. The predicted octanol–water partition coefficient (Wildman–Crippen LogP) is 3.18. The summed E-state index contributed by atoms with van der Waals surface area (Å²) >= 11 is 6.24. The Labute approximate surface area is 199 Å². The smallest absolute Gasteiger partial charge is 0.249 e. The molecule has 1 atom stereocenters. The van der Waals surface area contributed by atoms with Gasteiger partial charge in [0.25, 0.3) is 0 Å². The zero-order valence-corrected chi connectivity index (χ0v) is 19.6. The highest BCUT2D eigenvalue weighted by Gasteiger charge is 2.41. The van der Waals surface area contributed by atoms with E-state index in [2.05, 4.69) is 20.9 Å². The van der Waals surface area contributed by atoms with E-state index in [1.54, 1.807) is 4.90 Å². The van der Waals surface area contributed by atoms with Crippen molar-refractivity contribution in [3.05, 3.63) is 53.2 Å². The minimum absolute atomic E-state index is 0.0471. The molecule has 0 unspecified atom stereocenters. The van der Waals surface area contributed by atoms with E-state index in [4.69, 9.17) is 11.6 Å². The Morgan fingerprint density at radius 2 is 1.82 bits per heavy atom. The fourth-order valence-corrected chi connectivity index (χ4v) is 5.39. The Morgan fingerprint density at radius 1 is 1.00 bits per heavy atom. The maximum absolute atomic E-state index is 13.4. The third-order valence-corrected chi connectivity index (χ3v) is 7.24. The number of hydrogen-bond acceptors (Lipinski definition) is 5. The van der Waals surface area contributed by atoms with Gasteiger partial charge in [0.2, 0.25) is 11.8 Å². The molecular weight excluding hydrogens is 438 g/mol. The third kappa shape index (κ3) is 4.70. The van der Waals surface area contributed by atoms with Crippen LogP contribution in [0.15, 0.2) is 42.6 Å². The number of rotatable bonds is 6. The molecule has 0 aliphatic carbocycles. The quantitative estimate of drug-likeness (QED) is 0.611. The van der Waals surface area contributed by atoms with Crippen molar-refractivity contribution >= 4 is 34.9 Å². The van der Waals surface area contributed by atoms with E-state index in [0.717, 1.165) is 62.6 Å². The van der Waals surface area contributed by atoms with Gasteiger partial charge < -0.3 is 14.7 Å². The van der Waals surface area contributed by atoms with E-state index in [1.165, 1.54) is 0 Å². The molecule has 2 aromatic rings. The van der Waals surface area contributed by atoms with Crippen molar-refractivity contribution in [2.75, 3.05) is 49.1 Å². The maximum Gasteiger partial charge on any atom is 0.249 e. The second-order valence-corrected chi connectivity index (χ2v) is 9.50. The molecule has 0 spiro atoms. The summed E-state index contributed by atoms with van der Waals surface area (Å²) in [7, 11) is 0. The zero-order valence-electron chi connectivity index (χ0n) is 18.8. The van der Waals surface area contributed by atoms with Crippen molar-refractivity contribution < 1.29 is 9.59 Å². The largest absolute Gasteiger partial charge is 0.354 e. The molecule has 2 saturated heterocycles. The lowest BCUT2D eigenvalue weighted by Crippen LogP contribution is -2.47. The highest BCUT2D eigenvalue weighted by molar-refractivity contribution is 6.30. The number of aromatic nitrogens is 1. The first kappa shape index (κ1) is 22.2. The highest BCUT2D eigenvalue weighted by atomic mass is 35.5. The standard InChI is InChI=1S/C25H30ClN5O2/c26-20-6-7-21-19(17-20)18-31-22(8-9-24(31)32)25(33)30(21)12-4-3-11-28-13-15-29(16-14-28)23-5-1-2-10-27-23/h1-2,5-7,10,17,22H,3-4,8-9,11-16,18H2/t22-/m1/s1. The summed E-state index contributed by atoms with van der Waals surface area (Å²) in [5, 5.41) is 0.635. The van der Waals surface area contributed by atoms with Crippen LogP contribution in [0, 0.1) is 0 Å². The number of nitrogens with zero attached hydrogens (tertiary/aromatic N) is 5. The average Bonchev–Trinajstić information content (AvgIpc) is 3.15. The number of carbonyl (C=O) groups excluding carboxylic acids is 2. The molecule has 5 rings (SSSR count). The van der Waals surface area contributed by atoms with Crippen LogP contribution in [0.5, 0.6) is 0 Å². The minimum Gasteiger partial charge on any atom is -0.354 e. The van der Waals surface area contributed by atoms with Gasteiger partial charge in [0, 0.05) is 62.6 Å². The summed E-state index contributed by atoms with van der Waals surface area (Å²) in [6.45, 7) is 6.18. The molecule has 3 aliphatic rings. The van der Waals surface area contributed by atoms with Crippen LogP contribution in [0.2, 0.25) is 5.02 Å². The number of benzene rings is 1. The number of halogens is 1. The number of amides is 2. The molecule has 7 nitrogen and oxygen atoms in total. The van der Waals surface area contributed by atoms with Crippen LogP contribution in [-0.2, 0) is 16.1 Å². The first-order valence-corrected chi connectivity index (χ1v) is 12.3. The summed E-state index contributed by atoms with van der Waals surface area (Å²) in [5.74, 6) is 1.16. The second-order valence-electron chi connectivity index (χ2n) is 9.06. The van der Waals surface area contributed by atoms with E-state index < -0.39 is 0 Å². The van der Waals surface area contributed by atoms with E-state index in [-0.39, 0.29) is 17.9 Å². The SMILES string of the molecule is O=C1[C@H]2CCC(=O)N2Cc2cc(Cl)ccc2N1CCCCN1CCN(c2ccccn2)CC1. The van der Waals surface area contributed by atoms with E-state index in [1.807, 2.05) is 41.4 Å². The summed E-state index contributed by atoms with van der Waals surface area (Å²) in [4.78, 5) is 38.7. The van der Waals surface area contributed by atoms with E-state index in [9.17, 15) is 9.59 Å². The Morgan fingerprint density at radius 3 is 2.61 bits per heavy atom. The second kappa shape index (κ2) is 9.69. The van der Waals surface area contributed by atoms with Crippen molar-refractivity contribution in [1.82, 2.24) is 14.8 Å². The number of hydrogen-bond donors (Lipinski definition) is 0. The van der Waals surface area contributed by atoms with Crippen LogP contribution in [0.1, 0.15) is 31.2 Å². The molecule has 1 aromatic carbocycles. The summed E-state index contributed by atoms with van der Waals surface area (Å²) in [6, 6.07) is 11.4. The molecule has 2 amide bonds. The van der Waals surface area contributed by atoms with Crippen molar-refractivity contribution in [1.29, 1.82) is 0 Å². The Hall–Kier alpha value is -2.64. The van der Waals surface area contributed by atoms with Crippen LogP contribution in [0.4, 0.5) is 11.5 Å². The lowest BCUT2D eigenvalue weighted by molar-refractivity contribution is -0.134. The molecule has 0 saturated carbocycles. The van der Waals surface area contributed by atoms with Crippen LogP contribution >= 0.6 is 11.6 Å². The highest BCUT2D eigenvalue weighted by Crippen LogP contribution is 2.34. The summed E-state index contributed by atoms with van der Waals surface area (Å²) in [6.07, 6.45) is 4.86. The molecule has 0 bridgehead atoms. The Balaban J connectivity index is 1.17. The van der Waals surface area contributed by atoms with Gasteiger partial charge in [-0.3, -0.25) is 14.5 Å². The van der Waals surface area contributed by atoms with Crippen molar-refractivity contribution in [3.8, 4) is 0 Å². The van der Waals surface area contributed by atoms with Gasteiger partial charge >= 0.3 is 0 Å². The average molecular weight is 468 g/mol. The van der Waals surface area contributed by atoms with Crippen molar-refractivity contribution in [2.24, 2.45) is 0 Å². The Kier molecular flexibility index (Phi) is 6.51. The third-order valence-electron chi connectivity index (χ3n) is 7.00. The van der Waals surface area contributed by atoms with Crippen molar-refractivity contribution in [3.63, 3.8) is 0 Å². The van der Waals surface area contributed by atoms with Crippen molar-refractivity contribution in [2.45, 2.75) is 38.3 Å². The number of piperazine rings is 1. The van der Waals surface area contributed by atoms with Crippen LogP contribution in [-0.4, -0.2) is 71.9 Å². The van der Waals surface area contributed by atoms with Crippen LogP contribution in [0.3, 0.4) is 0 Å². The molecular formula is C25H30ClN5O2. The first-order valence-electron chi connectivity index (χ1n) is 11.9. The number of fused-ring (bicyclic) bond motifs is 2. The first-order chi connectivity index (χ1) is 16.1. The van der Waals surface area contributed by atoms with E-state index in [0.29, 0.717) is 31.0 Å². The van der Waals surface area contributed by atoms with Gasteiger partial charge in [0.05, 0.1) is 0 Å². The minimum atomic E-state index is -0.344. The molecule has 8 heteroatoms. The molecule has 174 valence electrons. The summed E-state index contributed by atoms with van der Waals surface area (Å²) < 4.78 is 0. The van der Waals surface area contributed by atoms with Gasteiger partial charge in [-0.25, -0.2) is 4.98 Å². The van der Waals surface area contributed by atoms with Gasteiger partial charge in [-0.1, -0.05) is 17.7 Å². The van der Waals surface area contributed by atoms with Crippen LogP contribution < -0.4 is 9.80 Å². The lowest BCUT2D eigenvalue weighted by atomic mass is 10.1. The number of unbranched alkanes of at least 4 members (excludes halogenated alkanes) is 1. The number of carbonyl (C=O) groups is 2. The van der Waals surface area contributed by atoms with Gasteiger partial charge in [-0.2, -0.15) is 0 Å². The van der Waals surface area contributed by atoms with Gasteiger partial charge in [-0.05, 0) is 61.7 Å².